The Morgan fingerprint density at radius 2 is 1.77 bits per heavy atom. The van der Waals surface area contributed by atoms with Crippen molar-refractivity contribution in [2.75, 3.05) is 11.5 Å². The highest BCUT2D eigenvalue weighted by molar-refractivity contribution is 6.30. The number of aromatic nitrogens is 1. The quantitative estimate of drug-likeness (QED) is 0.232. The van der Waals surface area contributed by atoms with Gasteiger partial charge in [0.05, 0.1) is 23.6 Å². The number of carbonyl (C=O) groups excluding carboxylic acids is 1. The molecule has 0 saturated carbocycles. The molecule has 1 atom stereocenters. The van der Waals surface area contributed by atoms with Crippen molar-refractivity contribution >= 4 is 34.3 Å². The molecule has 2 aromatic heterocycles. The Morgan fingerprint density at radius 3 is 2.51 bits per heavy atom. The van der Waals surface area contributed by atoms with Gasteiger partial charge in [-0.15, -0.1) is 0 Å². The smallest absolute Gasteiger partial charge is 0.296 e. The van der Waals surface area contributed by atoms with Crippen molar-refractivity contribution in [3.05, 3.63) is 116 Å². The lowest BCUT2D eigenvalue weighted by atomic mass is 9.98. The first-order valence-electron chi connectivity index (χ1n) is 12.4. The van der Waals surface area contributed by atoms with Gasteiger partial charge in [0, 0.05) is 11.1 Å². The van der Waals surface area contributed by atoms with Gasteiger partial charge in [0.2, 0.25) is 5.76 Å². The van der Waals surface area contributed by atoms with Crippen LogP contribution in [-0.2, 0) is 6.61 Å². The molecule has 3 heterocycles. The molecule has 0 radical (unpaired) electrons. The Balaban J connectivity index is 1.46. The van der Waals surface area contributed by atoms with Crippen LogP contribution in [0.2, 0.25) is 5.02 Å². The fourth-order valence-corrected chi connectivity index (χ4v) is 4.89. The largest absolute Gasteiger partial charge is 0.490 e. The van der Waals surface area contributed by atoms with Crippen LogP contribution in [0.4, 0.5) is 5.82 Å². The fraction of sp³-hybridized carbons (Fsp3) is 0.167. The Kier molecular flexibility index (Phi) is 6.32. The first kappa shape index (κ1) is 24.8. The van der Waals surface area contributed by atoms with Gasteiger partial charge in [-0.1, -0.05) is 47.1 Å². The summed E-state index contributed by atoms with van der Waals surface area (Å²) in [4.78, 5) is 28.9. The summed E-state index contributed by atoms with van der Waals surface area (Å²) in [6, 6.07) is 20.4. The Morgan fingerprint density at radius 1 is 0.974 bits per heavy atom. The number of rotatable bonds is 7. The summed E-state index contributed by atoms with van der Waals surface area (Å²) < 4.78 is 23.2. The topological polar surface area (TPSA) is 95.0 Å². The lowest BCUT2D eigenvalue weighted by molar-refractivity contribution is 0.0969. The van der Waals surface area contributed by atoms with E-state index in [2.05, 4.69) is 5.16 Å². The van der Waals surface area contributed by atoms with Gasteiger partial charge in [-0.05, 0) is 61.4 Å². The number of para-hydroxylation sites is 1. The molecule has 0 fully saturated rings. The number of halogens is 1. The predicted molar refractivity (Wildman–Crippen MR) is 146 cm³/mol. The molecule has 0 bridgehead atoms. The van der Waals surface area contributed by atoms with Crippen LogP contribution >= 0.6 is 11.6 Å². The van der Waals surface area contributed by atoms with Gasteiger partial charge in [-0.25, -0.2) is 0 Å². The van der Waals surface area contributed by atoms with Crippen molar-refractivity contribution in [3.63, 3.8) is 0 Å². The molecule has 0 spiro atoms. The van der Waals surface area contributed by atoms with Crippen molar-refractivity contribution in [2.45, 2.75) is 26.5 Å². The van der Waals surface area contributed by atoms with Gasteiger partial charge in [-0.2, -0.15) is 0 Å². The summed E-state index contributed by atoms with van der Waals surface area (Å²) >= 11 is 5.99. The molecule has 8 nitrogen and oxygen atoms in total. The third-order valence-electron chi connectivity index (χ3n) is 6.53. The van der Waals surface area contributed by atoms with Gasteiger partial charge < -0.3 is 18.4 Å². The lowest BCUT2D eigenvalue weighted by Gasteiger charge is -2.23. The van der Waals surface area contributed by atoms with Crippen LogP contribution in [0.15, 0.2) is 86.5 Å². The van der Waals surface area contributed by atoms with Crippen LogP contribution in [0.1, 0.15) is 46.0 Å². The molecule has 1 aliphatic rings. The zero-order valence-corrected chi connectivity index (χ0v) is 21.9. The second-order valence-electron chi connectivity index (χ2n) is 9.10. The summed E-state index contributed by atoms with van der Waals surface area (Å²) in [5.74, 6) is 1.30. The molecule has 1 amide bonds. The fourth-order valence-electron chi connectivity index (χ4n) is 4.76. The molecule has 9 heteroatoms. The van der Waals surface area contributed by atoms with E-state index in [-0.39, 0.29) is 22.6 Å². The molecule has 0 N–H and O–H groups in total. The minimum absolute atomic E-state index is 0.0228. The number of ether oxygens (including phenoxy) is 2. The number of aryl methyl sites for hydroxylation is 1. The summed E-state index contributed by atoms with van der Waals surface area (Å²) in [6.07, 6.45) is 0. The molecule has 3 aromatic carbocycles. The number of amides is 1. The molecule has 1 aliphatic heterocycles. The molecular weight excluding hydrogens is 520 g/mol. The molecule has 0 aliphatic carbocycles. The monoisotopic (exact) mass is 542 g/mol. The van der Waals surface area contributed by atoms with Crippen LogP contribution in [0, 0.1) is 6.92 Å². The van der Waals surface area contributed by atoms with Gasteiger partial charge in [-0.3, -0.25) is 14.5 Å². The van der Waals surface area contributed by atoms with E-state index in [0.29, 0.717) is 52.0 Å². The summed E-state index contributed by atoms with van der Waals surface area (Å²) in [5.41, 5.74) is 1.86. The number of anilines is 1. The van der Waals surface area contributed by atoms with E-state index < -0.39 is 11.9 Å². The highest BCUT2D eigenvalue weighted by Gasteiger charge is 2.45. The molecule has 0 saturated heterocycles. The molecule has 5 aromatic rings. The lowest BCUT2D eigenvalue weighted by Crippen LogP contribution is -2.29. The molecule has 39 heavy (non-hydrogen) atoms. The van der Waals surface area contributed by atoms with Crippen LogP contribution in [-0.4, -0.2) is 17.7 Å². The highest BCUT2D eigenvalue weighted by atomic mass is 35.5. The number of hydrogen-bond acceptors (Lipinski definition) is 7. The van der Waals surface area contributed by atoms with Gasteiger partial charge in [0.25, 0.3) is 5.91 Å². The van der Waals surface area contributed by atoms with Crippen LogP contribution in [0.25, 0.3) is 11.0 Å². The van der Waals surface area contributed by atoms with E-state index in [1.54, 1.807) is 67.6 Å². The minimum atomic E-state index is -0.817. The van der Waals surface area contributed by atoms with Crippen molar-refractivity contribution in [2.24, 2.45) is 0 Å². The van der Waals surface area contributed by atoms with E-state index in [4.69, 9.17) is 30.0 Å². The second kappa shape index (κ2) is 9.96. The number of benzene rings is 3. The van der Waals surface area contributed by atoms with Crippen molar-refractivity contribution in [1.29, 1.82) is 0 Å². The number of carbonyl (C=O) groups is 1. The van der Waals surface area contributed by atoms with E-state index in [1.807, 2.05) is 19.1 Å². The summed E-state index contributed by atoms with van der Waals surface area (Å²) in [5, 5.41) is 5.11. The standard InChI is InChI=1S/C30H23ClN2O6/c1-3-36-24-15-19(10-13-23(24)37-16-18-8-11-20(31)12-9-18)27-26-28(34)21-6-4-5-7-22(21)38-29(26)30(35)33(27)25-14-17(2)39-32-25/h4-15,27H,3,16H2,1-2H3. The van der Waals surface area contributed by atoms with Crippen molar-refractivity contribution in [1.82, 2.24) is 5.16 Å². The predicted octanol–water partition coefficient (Wildman–Crippen LogP) is 6.47. The zero-order chi connectivity index (χ0) is 27.1. The average molecular weight is 543 g/mol. The molecule has 6 rings (SSSR count). The van der Waals surface area contributed by atoms with Gasteiger partial charge >= 0.3 is 0 Å². The minimum Gasteiger partial charge on any atom is -0.490 e. The van der Waals surface area contributed by atoms with Gasteiger partial charge in [0.15, 0.2) is 22.7 Å². The van der Waals surface area contributed by atoms with E-state index >= 15 is 0 Å². The SMILES string of the molecule is CCOc1cc(C2c3c(oc4ccccc4c3=O)C(=O)N2c2cc(C)on2)ccc1OCc1ccc(Cl)cc1. The van der Waals surface area contributed by atoms with Crippen molar-refractivity contribution < 1.29 is 23.2 Å². The summed E-state index contributed by atoms with van der Waals surface area (Å²) in [7, 11) is 0. The molecular formula is C30H23ClN2O6. The Labute approximate surface area is 228 Å². The first-order chi connectivity index (χ1) is 18.9. The van der Waals surface area contributed by atoms with Crippen LogP contribution in [0.5, 0.6) is 11.5 Å². The van der Waals surface area contributed by atoms with Crippen molar-refractivity contribution in [3.8, 4) is 11.5 Å². The van der Waals surface area contributed by atoms with Crippen LogP contribution < -0.4 is 19.8 Å². The highest BCUT2D eigenvalue weighted by Crippen LogP contribution is 2.43. The Hall–Kier alpha value is -4.56. The Bertz CT molecular complexity index is 1760. The number of hydrogen-bond donors (Lipinski definition) is 0. The van der Waals surface area contributed by atoms with E-state index in [9.17, 15) is 9.59 Å². The molecule has 196 valence electrons. The van der Waals surface area contributed by atoms with E-state index in [0.717, 1.165) is 5.56 Å². The average Bonchev–Trinajstić information content (AvgIpc) is 3.49. The normalized spacial score (nSPS) is 14.6. The number of fused-ring (bicyclic) bond motifs is 2. The number of nitrogens with zero attached hydrogens (tertiary/aromatic N) is 2. The molecule has 1 unspecified atom stereocenters. The third-order valence-corrected chi connectivity index (χ3v) is 6.78. The van der Waals surface area contributed by atoms with Crippen LogP contribution in [0.3, 0.4) is 0 Å². The maximum Gasteiger partial charge on any atom is 0.296 e. The maximum atomic E-state index is 13.7. The zero-order valence-electron chi connectivity index (χ0n) is 21.1. The second-order valence-corrected chi connectivity index (χ2v) is 9.53. The maximum absolute atomic E-state index is 13.7. The third kappa shape index (κ3) is 4.42. The van der Waals surface area contributed by atoms with E-state index in [1.165, 1.54) is 4.90 Å². The van der Waals surface area contributed by atoms with Gasteiger partial charge in [0.1, 0.15) is 18.0 Å². The first-order valence-corrected chi connectivity index (χ1v) is 12.8. The summed E-state index contributed by atoms with van der Waals surface area (Å²) in [6.45, 7) is 4.30.